The molecule has 8 heteroatoms. The fourth-order valence-corrected chi connectivity index (χ4v) is 3.72. The molecular formula is C21H29N5O3. The Balaban J connectivity index is 1.73. The van der Waals surface area contributed by atoms with Crippen LogP contribution in [0.25, 0.3) is 10.9 Å². The quantitative estimate of drug-likeness (QED) is 0.852. The Kier molecular flexibility index (Phi) is 6.20. The number of aromatic nitrogens is 2. The van der Waals surface area contributed by atoms with Gasteiger partial charge in [0.25, 0.3) is 5.56 Å². The molecule has 8 nitrogen and oxygen atoms in total. The number of aromatic amines is 1. The summed E-state index contributed by atoms with van der Waals surface area (Å²) in [4.78, 5) is 50.1. The highest BCUT2D eigenvalue weighted by molar-refractivity contribution is 5.80. The number of benzene rings is 1. The van der Waals surface area contributed by atoms with E-state index in [1.165, 1.54) is 0 Å². The van der Waals surface area contributed by atoms with E-state index in [2.05, 4.69) is 9.97 Å². The summed E-state index contributed by atoms with van der Waals surface area (Å²) < 4.78 is 0. The van der Waals surface area contributed by atoms with Crippen LogP contribution in [0.3, 0.4) is 0 Å². The number of hydrogen-bond donors (Lipinski definition) is 1. The average molecular weight is 399 g/mol. The smallest absolute Gasteiger partial charge is 0.319 e. The van der Waals surface area contributed by atoms with Crippen molar-refractivity contribution in [3.05, 3.63) is 40.4 Å². The Morgan fingerprint density at radius 1 is 1.21 bits per heavy atom. The van der Waals surface area contributed by atoms with Crippen molar-refractivity contribution in [2.75, 3.05) is 27.2 Å². The van der Waals surface area contributed by atoms with Crippen LogP contribution in [0, 0.1) is 5.92 Å². The summed E-state index contributed by atoms with van der Waals surface area (Å²) >= 11 is 0. The van der Waals surface area contributed by atoms with Gasteiger partial charge in [0, 0.05) is 39.1 Å². The number of carbonyl (C=O) groups is 2. The minimum absolute atomic E-state index is 0.0189. The van der Waals surface area contributed by atoms with Gasteiger partial charge in [0.15, 0.2) is 0 Å². The van der Waals surface area contributed by atoms with E-state index in [0.29, 0.717) is 42.7 Å². The van der Waals surface area contributed by atoms with Crippen LogP contribution in [-0.4, -0.2) is 69.8 Å². The first-order valence-electron chi connectivity index (χ1n) is 10.0. The predicted octanol–water partition coefficient (Wildman–Crippen LogP) is 2.05. The summed E-state index contributed by atoms with van der Waals surface area (Å²) in [7, 11) is 3.47. The molecule has 29 heavy (non-hydrogen) atoms. The number of H-pyrrole nitrogens is 1. The number of carbonyl (C=O) groups excluding carboxylic acids is 2. The van der Waals surface area contributed by atoms with Gasteiger partial charge in [-0.15, -0.1) is 0 Å². The molecule has 1 aliphatic heterocycles. The molecule has 1 saturated heterocycles. The maximum Gasteiger partial charge on any atom is 0.319 e. The lowest BCUT2D eigenvalue weighted by molar-refractivity contribution is -0.139. The first kappa shape index (κ1) is 20.8. The summed E-state index contributed by atoms with van der Waals surface area (Å²) in [5, 5.41) is 0.539. The van der Waals surface area contributed by atoms with E-state index in [9.17, 15) is 14.4 Å². The molecule has 1 N–H and O–H groups in total. The summed E-state index contributed by atoms with van der Waals surface area (Å²) in [6, 6.07) is 7.13. The summed E-state index contributed by atoms with van der Waals surface area (Å²) in [5.41, 5.74) is 0.426. The van der Waals surface area contributed by atoms with E-state index < -0.39 is 0 Å². The van der Waals surface area contributed by atoms with E-state index in [0.717, 1.165) is 0 Å². The van der Waals surface area contributed by atoms with Crippen molar-refractivity contribution in [2.24, 2.45) is 5.92 Å². The number of hydrogen-bond acceptors (Lipinski definition) is 4. The molecule has 0 aliphatic carbocycles. The zero-order chi connectivity index (χ0) is 21.1. The molecule has 0 unspecified atom stereocenters. The van der Waals surface area contributed by atoms with Crippen LogP contribution >= 0.6 is 0 Å². The predicted molar refractivity (Wildman–Crippen MR) is 111 cm³/mol. The van der Waals surface area contributed by atoms with Gasteiger partial charge in [-0.05, 0) is 38.8 Å². The number of nitrogens with zero attached hydrogens (tertiary/aromatic N) is 4. The number of amides is 3. The number of likely N-dealkylation sites (tertiary alicyclic amines) is 1. The molecule has 0 atom stereocenters. The summed E-state index contributed by atoms with van der Waals surface area (Å²) in [5.74, 6) is 0.402. The average Bonchev–Trinajstić information content (AvgIpc) is 2.71. The van der Waals surface area contributed by atoms with E-state index >= 15 is 0 Å². The summed E-state index contributed by atoms with van der Waals surface area (Å²) in [6.07, 6.45) is 1.28. The van der Waals surface area contributed by atoms with Crippen molar-refractivity contribution in [3.63, 3.8) is 0 Å². The normalized spacial score (nSPS) is 15.0. The van der Waals surface area contributed by atoms with Crippen molar-refractivity contribution in [2.45, 2.75) is 39.3 Å². The molecule has 3 rings (SSSR count). The van der Waals surface area contributed by atoms with Gasteiger partial charge in [0.2, 0.25) is 5.91 Å². The summed E-state index contributed by atoms with van der Waals surface area (Å²) in [6.45, 7) is 5.33. The highest BCUT2D eigenvalue weighted by Gasteiger charge is 2.32. The molecule has 1 aromatic heterocycles. The van der Waals surface area contributed by atoms with Gasteiger partial charge in [0.1, 0.15) is 5.82 Å². The zero-order valence-corrected chi connectivity index (χ0v) is 17.5. The second-order valence-electron chi connectivity index (χ2n) is 8.03. The fraction of sp³-hybridized carbons (Fsp3) is 0.524. The van der Waals surface area contributed by atoms with Crippen molar-refractivity contribution < 1.29 is 9.59 Å². The highest BCUT2D eigenvalue weighted by atomic mass is 16.2. The molecular weight excluding hydrogens is 370 g/mol. The Hall–Kier alpha value is -2.90. The van der Waals surface area contributed by atoms with E-state index in [4.69, 9.17) is 0 Å². The minimum Gasteiger partial charge on any atom is -0.333 e. The second-order valence-corrected chi connectivity index (χ2v) is 8.03. The number of rotatable bonds is 4. The molecule has 2 heterocycles. The van der Waals surface area contributed by atoms with E-state index in [1.54, 1.807) is 47.0 Å². The van der Waals surface area contributed by atoms with E-state index in [1.807, 2.05) is 19.9 Å². The van der Waals surface area contributed by atoms with Crippen LogP contribution in [0.15, 0.2) is 29.1 Å². The van der Waals surface area contributed by atoms with Crippen LogP contribution in [0.4, 0.5) is 4.79 Å². The molecule has 0 saturated carbocycles. The van der Waals surface area contributed by atoms with Crippen molar-refractivity contribution in [1.82, 2.24) is 24.7 Å². The highest BCUT2D eigenvalue weighted by Crippen LogP contribution is 2.22. The maximum atomic E-state index is 13.2. The standard InChI is InChI=1S/C21H29N5O3/c1-14(2)26(13-18-22-17-8-6-5-7-16(17)19(27)23-18)20(28)15-9-11-25(12-10-15)21(29)24(3)4/h5-8,14-15H,9-13H2,1-4H3,(H,22,23,27). The topological polar surface area (TPSA) is 89.6 Å². The number of fused-ring (bicyclic) bond motifs is 1. The Labute approximate surface area is 170 Å². The minimum atomic E-state index is -0.197. The van der Waals surface area contributed by atoms with Crippen molar-refractivity contribution in [1.29, 1.82) is 0 Å². The van der Waals surface area contributed by atoms with Crippen LogP contribution in [0.5, 0.6) is 0 Å². The third-order valence-electron chi connectivity index (χ3n) is 5.39. The molecule has 1 aromatic carbocycles. The molecule has 1 aliphatic rings. The van der Waals surface area contributed by atoms with Gasteiger partial charge in [-0.1, -0.05) is 12.1 Å². The zero-order valence-electron chi connectivity index (χ0n) is 17.5. The molecule has 2 aromatic rings. The largest absolute Gasteiger partial charge is 0.333 e. The lowest BCUT2D eigenvalue weighted by Crippen LogP contribution is -2.48. The van der Waals surface area contributed by atoms with Crippen LogP contribution in [0.1, 0.15) is 32.5 Å². The maximum absolute atomic E-state index is 13.2. The van der Waals surface area contributed by atoms with Gasteiger partial charge < -0.3 is 19.7 Å². The Bertz CT molecular complexity index is 945. The van der Waals surface area contributed by atoms with Gasteiger partial charge >= 0.3 is 6.03 Å². The molecule has 0 radical (unpaired) electrons. The number of urea groups is 1. The molecule has 0 spiro atoms. The van der Waals surface area contributed by atoms with Crippen LogP contribution in [-0.2, 0) is 11.3 Å². The van der Waals surface area contributed by atoms with Gasteiger partial charge in [-0.2, -0.15) is 0 Å². The lowest BCUT2D eigenvalue weighted by Gasteiger charge is -2.36. The first-order valence-corrected chi connectivity index (χ1v) is 10.0. The third kappa shape index (κ3) is 4.58. The Morgan fingerprint density at radius 3 is 2.48 bits per heavy atom. The van der Waals surface area contributed by atoms with Gasteiger partial charge in [-0.3, -0.25) is 9.59 Å². The Morgan fingerprint density at radius 2 is 1.86 bits per heavy atom. The van der Waals surface area contributed by atoms with Gasteiger partial charge in [0.05, 0.1) is 17.4 Å². The first-order chi connectivity index (χ1) is 13.8. The van der Waals surface area contributed by atoms with Crippen molar-refractivity contribution in [3.8, 4) is 0 Å². The number of piperidine rings is 1. The number of para-hydroxylation sites is 1. The van der Waals surface area contributed by atoms with Crippen LogP contribution < -0.4 is 5.56 Å². The van der Waals surface area contributed by atoms with Crippen LogP contribution in [0.2, 0.25) is 0 Å². The van der Waals surface area contributed by atoms with Gasteiger partial charge in [-0.25, -0.2) is 9.78 Å². The lowest BCUT2D eigenvalue weighted by atomic mass is 9.95. The van der Waals surface area contributed by atoms with Crippen molar-refractivity contribution >= 4 is 22.8 Å². The molecule has 3 amide bonds. The molecule has 0 bridgehead atoms. The SMILES string of the molecule is CC(C)N(Cc1nc2ccccc2c(=O)[nH]1)C(=O)C1CCN(C(=O)N(C)C)CC1. The number of nitrogens with one attached hydrogen (secondary N) is 1. The molecule has 1 fully saturated rings. The second kappa shape index (κ2) is 8.63. The molecule has 156 valence electrons. The monoisotopic (exact) mass is 399 g/mol. The van der Waals surface area contributed by atoms with E-state index in [-0.39, 0.29) is 36.0 Å². The fourth-order valence-electron chi connectivity index (χ4n) is 3.72. The third-order valence-corrected chi connectivity index (χ3v) is 5.39.